The van der Waals surface area contributed by atoms with Crippen LogP contribution in [0.3, 0.4) is 0 Å². The van der Waals surface area contributed by atoms with Crippen LogP contribution in [0.5, 0.6) is 0 Å². The lowest BCUT2D eigenvalue weighted by Crippen LogP contribution is -2.39. The molecule has 0 radical (unpaired) electrons. The molecule has 2 heterocycles. The summed E-state index contributed by atoms with van der Waals surface area (Å²) in [6, 6.07) is 4.25. The molecule has 0 amide bonds. The quantitative estimate of drug-likeness (QED) is 0.860. The molecule has 0 saturated heterocycles. The van der Waals surface area contributed by atoms with Gasteiger partial charge in [-0.25, -0.2) is 0 Å². The van der Waals surface area contributed by atoms with Gasteiger partial charge in [0.15, 0.2) is 0 Å². The van der Waals surface area contributed by atoms with Gasteiger partial charge in [-0.3, -0.25) is 4.79 Å². The summed E-state index contributed by atoms with van der Waals surface area (Å²) in [6.07, 6.45) is 1.42. The molecule has 1 N–H and O–H groups in total. The molecule has 2 aromatic rings. The van der Waals surface area contributed by atoms with E-state index in [2.05, 4.69) is 31.0 Å². The monoisotopic (exact) mass is 287 g/mol. The zero-order chi connectivity index (χ0) is 15.2. The number of fused-ring (bicyclic) bond motifs is 3. The number of carbonyl (C=O) groups is 1. The third-order valence-electron chi connectivity index (χ3n) is 4.32. The molecule has 21 heavy (non-hydrogen) atoms. The Balaban J connectivity index is 2.29. The number of ether oxygens (including phenoxy) is 2. The van der Waals surface area contributed by atoms with E-state index in [1.54, 1.807) is 0 Å². The predicted molar refractivity (Wildman–Crippen MR) is 81.2 cm³/mol. The highest BCUT2D eigenvalue weighted by atomic mass is 16.7. The fourth-order valence-corrected chi connectivity index (χ4v) is 3.32. The van der Waals surface area contributed by atoms with E-state index in [0.717, 1.165) is 17.6 Å². The topological polar surface area (TPSA) is 51.3 Å². The second kappa shape index (κ2) is 4.88. The molecule has 1 aromatic heterocycles. The van der Waals surface area contributed by atoms with Crippen molar-refractivity contribution in [1.82, 2.24) is 4.98 Å². The van der Waals surface area contributed by atoms with Crippen molar-refractivity contribution in [2.45, 2.75) is 46.3 Å². The van der Waals surface area contributed by atoms with Gasteiger partial charge >= 0.3 is 5.97 Å². The lowest BCUT2D eigenvalue weighted by Gasteiger charge is -2.35. The first-order valence-corrected chi connectivity index (χ1v) is 7.43. The van der Waals surface area contributed by atoms with Crippen LogP contribution in [0, 0.1) is 13.8 Å². The fourth-order valence-electron chi connectivity index (χ4n) is 3.32. The molecule has 1 unspecified atom stereocenters. The Morgan fingerprint density at radius 2 is 2.10 bits per heavy atom. The number of carbonyl (C=O) groups excluding carboxylic acids is 1. The van der Waals surface area contributed by atoms with Crippen LogP contribution >= 0.6 is 0 Å². The van der Waals surface area contributed by atoms with Crippen molar-refractivity contribution in [2.75, 3.05) is 6.61 Å². The first-order chi connectivity index (χ1) is 9.98. The molecule has 0 aliphatic carbocycles. The minimum atomic E-state index is -0.975. The van der Waals surface area contributed by atoms with E-state index in [1.807, 2.05) is 6.92 Å². The molecule has 0 spiro atoms. The van der Waals surface area contributed by atoms with Crippen LogP contribution in [0.15, 0.2) is 12.1 Å². The van der Waals surface area contributed by atoms with Crippen molar-refractivity contribution in [3.63, 3.8) is 0 Å². The number of aryl methyl sites for hydroxylation is 2. The van der Waals surface area contributed by atoms with Crippen molar-refractivity contribution in [3.8, 4) is 0 Å². The molecular weight excluding hydrogens is 266 g/mol. The van der Waals surface area contributed by atoms with Crippen LogP contribution in [-0.2, 0) is 26.5 Å². The molecule has 1 aliphatic heterocycles. The molecule has 1 aromatic carbocycles. The highest BCUT2D eigenvalue weighted by molar-refractivity contribution is 5.90. The number of esters is 1. The van der Waals surface area contributed by atoms with Crippen LogP contribution in [-0.4, -0.2) is 17.6 Å². The van der Waals surface area contributed by atoms with Crippen LogP contribution < -0.4 is 0 Å². The van der Waals surface area contributed by atoms with Crippen molar-refractivity contribution < 1.29 is 14.3 Å². The van der Waals surface area contributed by atoms with E-state index >= 15 is 0 Å². The number of aromatic nitrogens is 1. The summed E-state index contributed by atoms with van der Waals surface area (Å²) in [5.74, 6) is -1.30. The molecule has 0 saturated carbocycles. The average molecular weight is 287 g/mol. The summed E-state index contributed by atoms with van der Waals surface area (Å²) in [7, 11) is 0. The van der Waals surface area contributed by atoms with Crippen LogP contribution in [0.1, 0.15) is 42.7 Å². The van der Waals surface area contributed by atoms with Gasteiger partial charge in [0, 0.05) is 24.2 Å². The summed E-state index contributed by atoms with van der Waals surface area (Å²) >= 11 is 0. The first kappa shape index (κ1) is 14.1. The van der Waals surface area contributed by atoms with Crippen LogP contribution in [0.2, 0.25) is 0 Å². The molecule has 4 nitrogen and oxygen atoms in total. The van der Waals surface area contributed by atoms with E-state index in [0.29, 0.717) is 13.0 Å². The lowest BCUT2D eigenvalue weighted by molar-refractivity contribution is -0.245. The highest BCUT2D eigenvalue weighted by Gasteiger charge is 2.42. The first-order valence-electron chi connectivity index (χ1n) is 7.43. The smallest absolute Gasteiger partial charge is 0.305 e. The van der Waals surface area contributed by atoms with Gasteiger partial charge in [-0.15, -0.1) is 0 Å². The van der Waals surface area contributed by atoms with Gasteiger partial charge < -0.3 is 14.5 Å². The lowest BCUT2D eigenvalue weighted by atomic mass is 9.95. The Bertz CT molecular complexity index is 716. The number of nitrogens with one attached hydrogen (secondary N) is 1. The van der Waals surface area contributed by atoms with Crippen molar-refractivity contribution in [2.24, 2.45) is 0 Å². The summed E-state index contributed by atoms with van der Waals surface area (Å²) in [4.78, 5) is 15.0. The summed E-state index contributed by atoms with van der Waals surface area (Å²) in [6.45, 7) is 8.17. The number of benzene rings is 1. The normalized spacial score (nSPS) is 21.3. The standard InChI is InChI=1S/C17H21NO3/c1-5-17(21-12(4)19)16-13(8-9-20-17)14-10(2)6-7-11(3)15(14)18-16/h6-7,18H,5,8-9H2,1-4H3. The maximum absolute atomic E-state index is 11.5. The summed E-state index contributed by atoms with van der Waals surface area (Å²) in [5, 5.41) is 1.25. The Morgan fingerprint density at radius 1 is 1.38 bits per heavy atom. The van der Waals surface area contributed by atoms with Gasteiger partial charge in [0.25, 0.3) is 5.79 Å². The third-order valence-corrected chi connectivity index (χ3v) is 4.32. The molecular formula is C17H21NO3. The average Bonchev–Trinajstić information content (AvgIpc) is 2.84. The molecule has 112 valence electrons. The summed E-state index contributed by atoms with van der Waals surface area (Å²) in [5.41, 5.74) is 5.68. The Hall–Kier alpha value is -1.81. The fraction of sp³-hybridized carbons (Fsp3) is 0.471. The van der Waals surface area contributed by atoms with Crippen molar-refractivity contribution >= 4 is 16.9 Å². The largest absolute Gasteiger partial charge is 0.427 e. The predicted octanol–water partition coefficient (Wildman–Crippen LogP) is 3.48. The molecule has 1 aliphatic rings. The molecule has 4 heteroatoms. The van der Waals surface area contributed by atoms with E-state index in [4.69, 9.17) is 9.47 Å². The number of aromatic amines is 1. The molecule has 0 bridgehead atoms. The minimum Gasteiger partial charge on any atom is -0.427 e. The SMILES string of the molecule is CCC1(OC(C)=O)OCCc2c1[nH]c1c(C)ccc(C)c21. The Kier molecular flexibility index (Phi) is 3.29. The zero-order valence-electron chi connectivity index (χ0n) is 13.0. The number of hydrogen-bond donors (Lipinski definition) is 1. The third kappa shape index (κ3) is 2.05. The van der Waals surface area contributed by atoms with Gasteiger partial charge in [0.05, 0.1) is 12.3 Å². The highest BCUT2D eigenvalue weighted by Crippen LogP contribution is 2.41. The second-order valence-corrected chi connectivity index (χ2v) is 5.73. The maximum atomic E-state index is 11.5. The summed E-state index contributed by atoms with van der Waals surface area (Å²) < 4.78 is 11.5. The molecule has 0 fully saturated rings. The van der Waals surface area contributed by atoms with Crippen molar-refractivity contribution in [3.05, 3.63) is 34.5 Å². The van der Waals surface area contributed by atoms with E-state index in [9.17, 15) is 4.79 Å². The zero-order valence-corrected chi connectivity index (χ0v) is 13.0. The maximum Gasteiger partial charge on any atom is 0.305 e. The van der Waals surface area contributed by atoms with Gasteiger partial charge in [0.1, 0.15) is 0 Å². The Labute approximate surface area is 124 Å². The number of rotatable bonds is 2. The number of H-pyrrole nitrogens is 1. The molecule has 3 rings (SSSR count). The van der Waals surface area contributed by atoms with Crippen molar-refractivity contribution in [1.29, 1.82) is 0 Å². The van der Waals surface area contributed by atoms with E-state index in [-0.39, 0.29) is 5.97 Å². The Morgan fingerprint density at radius 3 is 2.76 bits per heavy atom. The van der Waals surface area contributed by atoms with Gasteiger partial charge in [-0.2, -0.15) is 0 Å². The van der Waals surface area contributed by atoms with Gasteiger partial charge in [-0.05, 0) is 37.0 Å². The van der Waals surface area contributed by atoms with Crippen LogP contribution in [0.4, 0.5) is 0 Å². The van der Waals surface area contributed by atoms with Gasteiger partial charge in [0.2, 0.25) is 0 Å². The van der Waals surface area contributed by atoms with Crippen LogP contribution in [0.25, 0.3) is 10.9 Å². The van der Waals surface area contributed by atoms with E-state index < -0.39 is 5.79 Å². The van der Waals surface area contributed by atoms with Gasteiger partial charge in [-0.1, -0.05) is 19.1 Å². The van der Waals surface area contributed by atoms with E-state index in [1.165, 1.54) is 29.0 Å². The number of hydrogen-bond acceptors (Lipinski definition) is 3. The second-order valence-electron chi connectivity index (χ2n) is 5.73. The minimum absolute atomic E-state index is 0.322. The molecule has 1 atom stereocenters.